The monoisotopic (exact) mass is 412 g/mol. The highest BCUT2D eigenvalue weighted by Gasteiger charge is 2.22. The van der Waals surface area contributed by atoms with Crippen LogP contribution in [0.2, 0.25) is 0 Å². The van der Waals surface area contributed by atoms with Gasteiger partial charge in [-0.25, -0.2) is 0 Å². The first-order chi connectivity index (χ1) is 14.4. The molecule has 0 N–H and O–H groups in total. The topological polar surface area (TPSA) is 71.1 Å². The van der Waals surface area contributed by atoms with Gasteiger partial charge in [-0.05, 0) is 35.6 Å². The average Bonchev–Trinajstić information content (AvgIpc) is 3.10. The Morgan fingerprint density at radius 2 is 1.73 bits per heavy atom. The molecule has 0 radical (unpaired) electrons. The van der Waals surface area contributed by atoms with E-state index < -0.39 is 0 Å². The second-order valence-corrected chi connectivity index (χ2v) is 7.64. The standard InChI is InChI=1S/C24H28O6/c1-15(2)13-22(26)29-11-12-30-23-19(8-10-21(27-3)24(23)28-4)17-5-7-18-16(14-17)6-9-20(18)25/h5,7-8,10,14-15H,6,9,11-13H2,1-4H3. The highest BCUT2D eigenvalue weighted by Crippen LogP contribution is 2.45. The molecule has 0 aromatic heterocycles. The SMILES string of the molecule is COc1ccc(-c2ccc3c(c2)CCC3=O)c(OCCOC(=O)CC(C)C)c1OC. The molecule has 1 aliphatic rings. The van der Waals surface area contributed by atoms with Crippen LogP contribution in [0.5, 0.6) is 17.2 Å². The maximum atomic E-state index is 12.0. The van der Waals surface area contributed by atoms with Gasteiger partial charge in [0.1, 0.15) is 13.2 Å². The highest BCUT2D eigenvalue weighted by molar-refractivity contribution is 6.01. The Bertz CT molecular complexity index is 932. The van der Waals surface area contributed by atoms with Crippen LogP contribution in [0.25, 0.3) is 11.1 Å². The molecule has 3 rings (SSSR count). The fourth-order valence-electron chi connectivity index (χ4n) is 3.58. The van der Waals surface area contributed by atoms with Crippen molar-refractivity contribution in [2.75, 3.05) is 27.4 Å². The zero-order chi connectivity index (χ0) is 21.7. The molecule has 0 amide bonds. The van der Waals surface area contributed by atoms with Crippen molar-refractivity contribution in [3.8, 4) is 28.4 Å². The number of carbonyl (C=O) groups excluding carboxylic acids is 2. The molecule has 0 fully saturated rings. The third kappa shape index (κ3) is 4.75. The van der Waals surface area contributed by atoms with Crippen LogP contribution in [0.4, 0.5) is 0 Å². The minimum Gasteiger partial charge on any atom is -0.493 e. The number of hydrogen-bond acceptors (Lipinski definition) is 6. The van der Waals surface area contributed by atoms with Crippen LogP contribution in [0.1, 0.15) is 42.6 Å². The average molecular weight is 412 g/mol. The summed E-state index contributed by atoms with van der Waals surface area (Å²) in [6.07, 6.45) is 1.68. The van der Waals surface area contributed by atoms with E-state index in [-0.39, 0.29) is 30.9 Å². The quantitative estimate of drug-likeness (QED) is 0.447. The fraction of sp³-hybridized carbons (Fsp3) is 0.417. The van der Waals surface area contributed by atoms with Crippen molar-refractivity contribution < 1.29 is 28.5 Å². The lowest BCUT2D eigenvalue weighted by Gasteiger charge is -2.18. The van der Waals surface area contributed by atoms with Crippen molar-refractivity contribution >= 4 is 11.8 Å². The molecule has 6 nitrogen and oxygen atoms in total. The predicted molar refractivity (Wildman–Crippen MR) is 114 cm³/mol. The Hall–Kier alpha value is -3.02. The van der Waals surface area contributed by atoms with Crippen molar-refractivity contribution in [3.05, 3.63) is 41.5 Å². The van der Waals surface area contributed by atoms with Gasteiger partial charge in [0.15, 0.2) is 17.3 Å². The number of fused-ring (bicyclic) bond motifs is 1. The van der Waals surface area contributed by atoms with Crippen molar-refractivity contribution in [2.24, 2.45) is 5.92 Å². The molecule has 0 bridgehead atoms. The molecular formula is C24H28O6. The number of rotatable bonds is 9. The van der Waals surface area contributed by atoms with Gasteiger partial charge in [-0.1, -0.05) is 32.0 Å². The number of methoxy groups -OCH3 is 2. The fourth-order valence-corrected chi connectivity index (χ4v) is 3.58. The lowest BCUT2D eigenvalue weighted by Crippen LogP contribution is -2.14. The van der Waals surface area contributed by atoms with Gasteiger partial charge in [-0.15, -0.1) is 0 Å². The summed E-state index contributed by atoms with van der Waals surface area (Å²) in [6, 6.07) is 9.53. The van der Waals surface area contributed by atoms with E-state index in [1.807, 2.05) is 44.2 Å². The Kier molecular flexibility index (Phi) is 6.98. The number of benzene rings is 2. The largest absolute Gasteiger partial charge is 0.493 e. The maximum absolute atomic E-state index is 12.0. The highest BCUT2D eigenvalue weighted by atomic mass is 16.6. The number of ether oxygens (including phenoxy) is 4. The molecule has 0 spiro atoms. The molecule has 30 heavy (non-hydrogen) atoms. The molecule has 160 valence electrons. The summed E-state index contributed by atoms with van der Waals surface area (Å²) in [5, 5.41) is 0. The first-order valence-electron chi connectivity index (χ1n) is 10.1. The summed E-state index contributed by atoms with van der Waals surface area (Å²) >= 11 is 0. The van der Waals surface area contributed by atoms with Crippen LogP contribution in [-0.4, -0.2) is 39.2 Å². The smallest absolute Gasteiger partial charge is 0.306 e. The zero-order valence-electron chi connectivity index (χ0n) is 17.9. The van der Waals surface area contributed by atoms with E-state index in [4.69, 9.17) is 18.9 Å². The zero-order valence-corrected chi connectivity index (χ0v) is 17.9. The minimum atomic E-state index is -0.241. The van der Waals surface area contributed by atoms with E-state index in [1.54, 1.807) is 14.2 Å². The molecule has 6 heteroatoms. The summed E-state index contributed by atoms with van der Waals surface area (Å²) in [6.45, 7) is 4.26. The Labute approximate surface area is 177 Å². The number of carbonyl (C=O) groups is 2. The van der Waals surface area contributed by atoms with Gasteiger partial charge in [0.05, 0.1) is 14.2 Å². The first-order valence-corrected chi connectivity index (χ1v) is 10.1. The Morgan fingerprint density at radius 1 is 0.967 bits per heavy atom. The first kappa shape index (κ1) is 21.7. The predicted octanol–water partition coefficient (Wildman–Crippen LogP) is 4.47. The molecule has 2 aromatic rings. The summed E-state index contributed by atoms with van der Waals surface area (Å²) in [5.41, 5.74) is 3.58. The van der Waals surface area contributed by atoms with Crippen molar-refractivity contribution in [1.82, 2.24) is 0 Å². The summed E-state index contributed by atoms with van der Waals surface area (Å²) < 4.78 is 22.2. The number of hydrogen-bond donors (Lipinski definition) is 0. The van der Waals surface area contributed by atoms with E-state index in [9.17, 15) is 9.59 Å². The van der Waals surface area contributed by atoms with Gasteiger partial charge in [0.25, 0.3) is 0 Å². The molecule has 0 saturated heterocycles. The molecule has 0 aliphatic heterocycles. The van der Waals surface area contributed by atoms with Gasteiger partial charge in [0.2, 0.25) is 5.75 Å². The lowest BCUT2D eigenvalue weighted by molar-refractivity contribution is -0.145. The van der Waals surface area contributed by atoms with Gasteiger partial charge in [-0.3, -0.25) is 9.59 Å². The molecule has 1 aliphatic carbocycles. The summed E-state index contributed by atoms with van der Waals surface area (Å²) in [7, 11) is 3.12. The van der Waals surface area contributed by atoms with Crippen LogP contribution in [0, 0.1) is 5.92 Å². The third-order valence-corrected chi connectivity index (χ3v) is 5.01. The third-order valence-electron chi connectivity index (χ3n) is 5.01. The van der Waals surface area contributed by atoms with Crippen molar-refractivity contribution in [3.63, 3.8) is 0 Å². The Balaban J connectivity index is 1.85. The number of aryl methyl sites for hydroxylation is 1. The number of esters is 1. The molecule has 2 aromatic carbocycles. The van der Waals surface area contributed by atoms with Crippen molar-refractivity contribution in [2.45, 2.75) is 33.1 Å². The number of ketones is 1. The lowest BCUT2D eigenvalue weighted by atomic mass is 9.99. The second-order valence-electron chi connectivity index (χ2n) is 7.64. The molecule has 0 saturated carbocycles. The van der Waals surface area contributed by atoms with Gasteiger partial charge in [-0.2, -0.15) is 0 Å². The minimum absolute atomic E-state index is 0.143. The van der Waals surface area contributed by atoms with Gasteiger partial charge >= 0.3 is 5.97 Å². The van der Waals surface area contributed by atoms with Crippen molar-refractivity contribution in [1.29, 1.82) is 0 Å². The molecular weight excluding hydrogens is 384 g/mol. The number of Topliss-reactive ketones (excluding diaryl/α,β-unsaturated/α-hetero) is 1. The normalized spacial score (nSPS) is 12.6. The molecule has 0 heterocycles. The van der Waals surface area contributed by atoms with Crippen LogP contribution >= 0.6 is 0 Å². The summed E-state index contributed by atoms with van der Waals surface area (Å²) in [5.74, 6) is 1.72. The van der Waals surface area contributed by atoms with E-state index in [0.29, 0.717) is 30.1 Å². The second kappa shape index (κ2) is 9.65. The van der Waals surface area contributed by atoms with Crippen LogP contribution in [0.15, 0.2) is 30.3 Å². The summed E-state index contributed by atoms with van der Waals surface area (Å²) in [4.78, 5) is 23.7. The maximum Gasteiger partial charge on any atom is 0.306 e. The Morgan fingerprint density at radius 3 is 2.43 bits per heavy atom. The molecule has 0 atom stereocenters. The van der Waals surface area contributed by atoms with Gasteiger partial charge < -0.3 is 18.9 Å². The van der Waals surface area contributed by atoms with E-state index in [2.05, 4.69) is 0 Å². The van der Waals surface area contributed by atoms with E-state index in [0.717, 1.165) is 28.7 Å². The van der Waals surface area contributed by atoms with Gasteiger partial charge in [0, 0.05) is 24.0 Å². The van der Waals surface area contributed by atoms with Crippen LogP contribution in [-0.2, 0) is 16.0 Å². The van der Waals surface area contributed by atoms with Crippen LogP contribution < -0.4 is 14.2 Å². The van der Waals surface area contributed by atoms with E-state index in [1.165, 1.54) is 0 Å². The molecule has 0 unspecified atom stereocenters. The van der Waals surface area contributed by atoms with Crippen LogP contribution in [0.3, 0.4) is 0 Å². The van der Waals surface area contributed by atoms with E-state index >= 15 is 0 Å².